The van der Waals surface area contributed by atoms with E-state index in [1.807, 2.05) is 32.8 Å². The number of rotatable bonds is 5. The van der Waals surface area contributed by atoms with E-state index in [1.54, 1.807) is 6.92 Å². The topological polar surface area (TPSA) is 66.3 Å². The molecule has 5 nitrogen and oxygen atoms in total. The van der Waals surface area contributed by atoms with Crippen molar-refractivity contribution < 1.29 is 9.90 Å². The van der Waals surface area contributed by atoms with E-state index in [1.165, 1.54) is 0 Å². The van der Waals surface area contributed by atoms with Crippen LogP contribution in [0.3, 0.4) is 0 Å². The Balaban J connectivity index is 2.97. The lowest BCUT2D eigenvalue weighted by Gasteiger charge is -2.14. The Morgan fingerprint density at radius 1 is 1.28 bits per heavy atom. The molecule has 0 saturated heterocycles. The summed E-state index contributed by atoms with van der Waals surface area (Å²) in [5.41, 5.74) is 2.72. The van der Waals surface area contributed by atoms with E-state index in [9.17, 15) is 4.79 Å². The fourth-order valence-electron chi connectivity index (χ4n) is 1.85. The predicted octanol–water partition coefficient (Wildman–Crippen LogP) is 1.42. The highest BCUT2D eigenvalue weighted by Gasteiger charge is 2.16. The van der Waals surface area contributed by atoms with Crippen LogP contribution in [0, 0.1) is 19.8 Å². The number of aliphatic carboxylic acids is 1. The monoisotopic (exact) mass is 251 g/mol. The maximum atomic E-state index is 10.9. The van der Waals surface area contributed by atoms with E-state index in [0.29, 0.717) is 13.0 Å². The third kappa shape index (κ3) is 3.77. The van der Waals surface area contributed by atoms with Crippen molar-refractivity contribution in [2.75, 3.05) is 14.1 Å². The second-order valence-corrected chi connectivity index (χ2v) is 4.97. The highest BCUT2D eigenvalue weighted by molar-refractivity contribution is 5.70. The molecule has 1 N–H and O–H groups in total. The summed E-state index contributed by atoms with van der Waals surface area (Å²) in [7, 11) is 3.93. The van der Waals surface area contributed by atoms with Crippen molar-refractivity contribution in [3.8, 4) is 0 Å². The Labute approximate surface area is 108 Å². The Hall–Kier alpha value is -1.49. The molecule has 18 heavy (non-hydrogen) atoms. The largest absolute Gasteiger partial charge is 0.481 e. The number of carboxylic acids is 1. The molecule has 1 aromatic heterocycles. The molecule has 0 aliphatic rings. The van der Waals surface area contributed by atoms with Crippen LogP contribution in [0.2, 0.25) is 0 Å². The molecule has 100 valence electrons. The molecule has 0 saturated carbocycles. The van der Waals surface area contributed by atoms with Crippen LogP contribution in [0.1, 0.15) is 29.7 Å². The molecule has 1 atom stereocenters. The summed E-state index contributed by atoms with van der Waals surface area (Å²) in [6.07, 6.45) is 0.481. The fraction of sp³-hybridized carbons (Fsp3) is 0.615. The molecule has 5 heteroatoms. The van der Waals surface area contributed by atoms with E-state index < -0.39 is 11.9 Å². The van der Waals surface area contributed by atoms with Gasteiger partial charge in [0.1, 0.15) is 5.82 Å². The van der Waals surface area contributed by atoms with Crippen molar-refractivity contribution in [1.82, 2.24) is 14.9 Å². The maximum Gasteiger partial charge on any atom is 0.306 e. The quantitative estimate of drug-likeness (QED) is 0.857. The first-order valence-electron chi connectivity index (χ1n) is 6.01. The van der Waals surface area contributed by atoms with Gasteiger partial charge in [0.05, 0.1) is 12.5 Å². The molecule has 0 bridgehead atoms. The van der Waals surface area contributed by atoms with Crippen molar-refractivity contribution in [3.63, 3.8) is 0 Å². The van der Waals surface area contributed by atoms with Gasteiger partial charge < -0.3 is 10.0 Å². The molecule has 0 aliphatic heterocycles. The number of hydrogen-bond acceptors (Lipinski definition) is 4. The predicted molar refractivity (Wildman–Crippen MR) is 69.4 cm³/mol. The summed E-state index contributed by atoms with van der Waals surface area (Å²) in [4.78, 5) is 21.8. The summed E-state index contributed by atoms with van der Waals surface area (Å²) in [5, 5.41) is 8.95. The maximum absolute atomic E-state index is 10.9. The van der Waals surface area contributed by atoms with Gasteiger partial charge in [0, 0.05) is 11.4 Å². The van der Waals surface area contributed by atoms with Crippen LogP contribution < -0.4 is 0 Å². The Morgan fingerprint density at radius 3 is 2.17 bits per heavy atom. The van der Waals surface area contributed by atoms with Crippen LogP contribution in [0.5, 0.6) is 0 Å². The zero-order valence-electron chi connectivity index (χ0n) is 11.7. The third-order valence-corrected chi connectivity index (χ3v) is 2.86. The van der Waals surface area contributed by atoms with Crippen molar-refractivity contribution in [1.29, 1.82) is 0 Å². The van der Waals surface area contributed by atoms with Crippen LogP contribution in [0.25, 0.3) is 0 Å². The molecule has 1 aromatic rings. The Kier molecular flexibility index (Phi) is 4.78. The summed E-state index contributed by atoms with van der Waals surface area (Å²) in [6, 6.07) is 0. The van der Waals surface area contributed by atoms with E-state index >= 15 is 0 Å². The molecule has 0 aromatic carbocycles. The zero-order chi connectivity index (χ0) is 13.9. The summed E-state index contributed by atoms with van der Waals surface area (Å²) in [6.45, 7) is 6.22. The average molecular weight is 251 g/mol. The number of aromatic nitrogens is 2. The lowest BCUT2D eigenvalue weighted by atomic mass is 9.99. The molecule has 1 rings (SSSR count). The molecule has 0 aliphatic carbocycles. The molecule has 1 unspecified atom stereocenters. The van der Waals surface area contributed by atoms with Gasteiger partial charge in [-0.3, -0.25) is 4.79 Å². The highest BCUT2D eigenvalue weighted by Crippen LogP contribution is 2.16. The van der Waals surface area contributed by atoms with E-state index in [2.05, 4.69) is 9.97 Å². The number of aryl methyl sites for hydroxylation is 2. The standard InChI is InChI=1S/C13H21N3O2/c1-8(13(17)18)6-11-9(2)14-12(7-16(4)5)15-10(11)3/h8H,6-7H2,1-5H3,(H,17,18). The second-order valence-electron chi connectivity index (χ2n) is 4.97. The van der Waals surface area contributed by atoms with Crippen molar-refractivity contribution in [3.05, 3.63) is 22.8 Å². The summed E-state index contributed by atoms with van der Waals surface area (Å²) in [5.74, 6) is -0.418. The van der Waals surface area contributed by atoms with Crippen molar-refractivity contribution >= 4 is 5.97 Å². The number of hydrogen-bond donors (Lipinski definition) is 1. The minimum atomic E-state index is -0.786. The zero-order valence-corrected chi connectivity index (χ0v) is 11.7. The molecule has 1 heterocycles. The van der Waals surface area contributed by atoms with Crippen LogP contribution >= 0.6 is 0 Å². The van der Waals surface area contributed by atoms with Gasteiger partial charge in [-0.15, -0.1) is 0 Å². The lowest BCUT2D eigenvalue weighted by Crippen LogP contribution is -2.18. The van der Waals surface area contributed by atoms with Gasteiger partial charge in [-0.25, -0.2) is 9.97 Å². The van der Waals surface area contributed by atoms with Crippen molar-refractivity contribution in [2.45, 2.75) is 33.7 Å². The van der Waals surface area contributed by atoms with Crippen molar-refractivity contribution in [2.24, 2.45) is 5.92 Å². The normalized spacial score (nSPS) is 12.8. The smallest absolute Gasteiger partial charge is 0.306 e. The third-order valence-electron chi connectivity index (χ3n) is 2.86. The second kappa shape index (κ2) is 5.91. The minimum absolute atomic E-state index is 0.411. The number of carboxylic acid groups (broad SMARTS) is 1. The lowest BCUT2D eigenvalue weighted by molar-refractivity contribution is -0.141. The number of nitrogens with zero attached hydrogens (tertiary/aromatic N) is 3. The van der Waals surface area contributed by atoms with Crippen LogP contribution in [-0.2, 0) is 17.8 Å². The van der Waals surface area contributed by atoms with Gasteiger partial charge in [0.15, 0.2) is 0 Å². The van der Waals surface area contributed by atoms with E-state index in [0.717, 1.165) is 22.8 Å². The fourth-order valence-corrected chi connectivity index (χ4v) is 1.85. The molecule has 0 amide bonds. The SMILES string of the molecule is Cc1nc(CN(C)C)nc(C)c1CC(C)C(=O)O. The number of carbonyl (C=O) groups is 1. The van der Waals surface area contributed by atoms with Gasteiger partial charge in [0.2, 0.25) is 0 Å². The summed E-state index contributed by atoms with van der Waals surface area (Å²) >= 11 is 0. The average Bonchev–Trinajstić information content (AvgIpc) is 2.21. The molecule has 0 spiro atoms. The minimum Gasteiger partial charge on any atom is -0.481 e. The van der Waals surface area contributed by atoms with Gasteiger partial charge in [-0.05, 0) is 39.9 Å². The summed E-state index contributed by atoms with van der Waals surface area (Å²) < 4.78 is 0. The van der Waals surface area contributed by atoms with Gasteiger partial charge in [-0.2, -0.15) is 0 Å². The first-order valence-corrected chi connectivity index (χ1v) is 6.01. The Bertz CT molecular complexity index is 421. The van der Waals surface area contributed by atoms with E-state index in [-0.39, 0.29) is 0 Å². The van der Waals surface area contributed by atoms with Gasteiger partial charge >= 0.3 is 5.97 Å². The molecule has 0 fully saturated rings. The van der Waals surface area contributed by atoms with Gasteiger partial charge in [-0.1, -0.05) is 6.92 Å². The highest BCUT2D eigenvalue weighted by atomic mass is 16.4. The first kappa shape index (κ1) is 14.6. The molecular weight excluding hydrogens is 230 g/mol. The Morgan fingerprint density at radius 2 is 1.78 bits per heavy atom. The first-order chi connectivity index (χ1) is 8.31. The molecular formula is C13H21N3O2. The van der Waals surface area contributed by atoms with Gasteiger partial charge in [0.25, 0.3) is 0 Å². The van der Waals surface area contributed by atoms with E-state index in [4.69, 9.17) is 5.11 Å². The molecule has 0 radical (unpaired) electrons. The van der Waals surface area contributed by atoms with Crippen LogP contribution in [-0.4, -0.2) is 40.0 Å². The van der Waals surface area contributed by atoms with Crippen LogP contribution in [0.4, 0.5) is 0 Å². The van der Waals surface area contributed by atoms with Crippen LogP contribution in [0.15, 0.2) is 0 Å².